The van der Waals surface area contributed by atoms with Gasteiger partial charge in [-0.05, 0) is 36.6 Å². The number of aromatic nitrogens is 2. The highest BCUT2D eigenvalue weighted by molar-refractivity contribution is 5.97. The van der Waals surface area contributed by atoms with Gasteiger partial charge in [0.15, 0.2) is 0 Å². The van der Waals surface area contributed by atoms with Crippen LogP contribution in [0.1, 0.15) is 49.2 Å². The molecule has 7 heteroatoms. The van der Waals surface area contributed by atoms with Crippen molar-refractivity contribution in [3.63, 3.8) is 0 Å². The summed E-state index contributed by atoms with van der Waals surface area (Å²) in [4.78, 5) is 23.6. The van der Waals surface area contributed by atoms with Gasteiger partial charge in [-0.15, -0.1) is 0 Å². The van der Waals surface area contributed by atoms with E-state index < -0.39 is 17.9 Å². The molecule has 1 aromatic heterocycles. The Kier molecular flexibility index (Phi) is 5.33. The Labute approximate surface area is 139 Å². The predicted octanol–water partition coefficient (Wildman–Crippen LogP) is 2.73. The quantitative estimate of drug-likeness (QED) is 0.851. The van der Waals surface area contributed by atoms with Gasteiger partial charge in [-0.3, -0.25) is 4.79 Å². The third-order valence-corrected chi connectivity index (χ3v) is 3.68. The Morgan fingerprint density at radius 1 is 1.29 bits per heavy atom. The minimum atomic E-state index is -1.08. The van der Waals surface area contributed by atoms with Gasteiger partial charge in [-0.2, -0.15) is 5.10 Å². The van der Waals surface area contributed by atoms with Gasteiger partial charge in [0, 0.05) is 0 Å². The van der Waals surface area contributed by atoms with E-state index in [-0.39, 0.29) is 18.2 Å². The molecule has 128 valence electrons. The van der Waals surface area contributed by atoms with Crippen LogP contribution >= 0.6 is 0 Å². The normalized spacial score (nSPS) is 12.2. The van der Waals surface area contributed by atoms with Crippen LogP contribution in [0.5, 0.6) is 0 Å². The van der Waals surface area contributed by atoms with E-state index in [1.807, 2.05) is 13.8 Å². The highest BCUT2D eigenvalue weighted by Crippen LogP contribution is 2.23. The second-order valence-electron chi connectivity index (χ2n) is 5.76. The zero-order valence-electron chi connectivity index (χ0n) is 13.8. The van der Waals surface area contributed by atoms with Gasteiger partial charge in [-0.1, -0.05) is 20.8 Å². The first-order chi connectivity index (χ1) is 11.3. The molecule has 0 spiro atoms. The summed E-state index contributed by atoms with van der Waals surface area (Å²) in [6.07, 6.45) is 1.69. The molecule has 6 nitrogen and oxygen atoms in total. The SMILES string of the molecule is CCC(NC(=O)c1cnn(-c2ccc(F)cc2)c1C(C)C)C(=O)O. The van der Waals surface area contributed by atoms with Crippen molar-refractivity contribution in [3.8, 4) is 5.69 Å². The third kappa shape index (κ3) is 3.61. The van der Waals surface area contributed by atoms with E-state index in [0.717, 1.165) is 0 Å². The van der Waals surface area contributed by atoms with Gasteiger partial charge in [0.1, 0.15) is 11.9 Å². The molecule has 1 heterocycles. The topological polar surface area (TPSA) is 84.2 Å². The zero-order valence-corrected chi connectivity index (χ0v) is 13.8. The number of amides is 1. The monoisotopic (exact) mass is 333 g/mol. The number of carbonyl (C=O) groups is 2. The fourth-order valence-electron chi connectivity index (χ4n) is 2.45. The molecule has 1 aromatic carbocycles. The van der Waals surface area contributed by atoms with Gasteiger partial charge in [0.2, 0.25) is 0 Å². The van der Waals surface area contributed by atoms with Crippen LogP contribution in [-0.4, -0.2) is 32.8 Å². The number of carboxylic acid groups (broad SMARTS) is 1. The Balaban J connectivity index is 2.39. The Bertz CT molecular complexity index is 738. The van der Waals surface area contributed by atoms with E-state index in [0.29, 0.717) is 16.9 Å². The van der Waals surface area contributed by atoms with Crippen molar-refractivity contribution < 1.29 is 19.1 Å². The largest absolute Gasteiger partial charge is 0.480 e. The fraction of sp³-hybridized carbons (Fsp3) is 0.353. The molecule has 2 rings (SSSR count). The first-order valence-corrected chi connectivity index (χ1v) is 7.72. The van der Waals surface area contributed by atoms with Crippen LogP contribution in [0.4, 0.5) is 4.39 Å². The van der Waals surface area contributed by atoms with E-state index >= 15 is 0 Å². The van der Waals surface area contributed by atoms with Crippen molar-refractivity contribution in [3.05, 3.63) is 47.5 Å². The fourth-order valence-corrected chi connectivity index (χ4v) is 2.45. The Morgan fingerprint density at radius 3 is 2.42 bits per heavy atom. The maximum atomic E-state index is 13.1. The molecule has 2 aromatic rings. The molecular weight excluding hydrogens is 313 g/mol. The average molecular weight is 333 g/mol. The lowest BCUT2D eigenvalue weighted by molar-refractivity contribution is -0.139. The first-order valence-electron chi connectivity index (χ1n) is 7.72. The summed E-state index contributed by atoms with van der Waals surface area (Å²) in [5, 5.41) is 15.8. The summed E-state index contributed by atoms with van der Waals surface area (Å²) in [6, 6.07) is 4.83. The molecule has 1 amide bonds. The van der Waals surface area contributed by atoms with E-state index in [9.17, 15) is 14.0 Å². The number of rotatable bonds is 6. The molecule has 24 heavy (non-hydrogen) atoms. The summed E-state index contributed by atoms with van der Waals surface area (Å²) in [5.74, 6) is -1.96. The number of hydrogen-bond donors (Lipinski definition) is 2. The lowest BCUT2D eigenvalue weighted by atomic mass is 10.0. The second-order valence-corrected chi connectivity index (χ2v) is 5.76. The average Bonchev–Trinajstić information content (AvgIpc) is 2.98. The molecular formula is C17H20FN3O3. The summed E-state index contributed by atoms with van der Waals surface area (Å²) in [5.41, 5.74) is 1.58. The van der Waals surface area contributed by atoms with Crippen molar-refractivity contribution >= 4 is 11.9 Å². The number of carbonyl (C=O) groups excluding carboxylic acids is 1. The standard InChI is InChI=1S/C17H20FN3O3/c1-4-14(17(23)24)20-16(22)13-9-19-21(15(13)10(2)3)12-7-5-11(18)6-8-12/h5-10,14H,4H2,1-3H3,(H,20,22)(H,23,24). The maximum Gasteiger partial charge on any atom is 0.326 e. The second kappa shape index (κ2) is 7.25. The van der Waals surface area contributed by atoms with Gasteiger partial charge in [0.25, 0.3) is 5.91 Å². The van der Waals surface area contributed by atoms with Gasteiger partial charge in [0.05, 0.1) is 23.1 Å². The zero-order chi connectivity index (χ0) is 17.9. The van der Waals surface area contributed by atoms with Crippen LogP contribution in [-0.2, 0) is 4.79 Å². The van der Waals surface area contributed by atoms with E-state index in [1.165, 1.54) is 18.3 Å². The maximum absolute atomic E-state index is 13.1. The summed E-state index contributed by atoms with van der Waals surface area (Å²) < 4.78 is 14.7. The van der Waals surface area contributed by atoms with Gasteiger partial charge >= 0.3 is 5.97 Å². The van der Waals surface area contributed by atoms with Crippen LogP contribution in [0, 0.1) is 5.82 Å². The van der Waals surface area contributed by atoms with E-state index in [4.69, 9.17) is 5.11 Å². The van der Waals surface area contributed by atoms with Crippen molar-refractivity contribution in [2.45, 2.75) is 39.2 Å². The van der Waals surface area contributed by atoms with Crippen molar-refractivity contribution in [1.82, 2.24) is 15.1 Å². The number of carboxylic acids is 1. The molecule has 1 atom stereocenters. The van der Waals surface area contributed by atoms with Crippen LogP contribution in [0.15, 0.2) is 30.5 Å². The molecule has 0 aliphatic heterocycles. The van der Waals surface area contributed by atoms with Gasteiger partial charge < -0.3 is 10.4 Å². The molecule has 1 unspecified atom stereocenters. The highest BCUT2D eigenvalue weighted by atomic mass is 19.1. The van der Waals surface area contributed by atoms with Crippen LogP contribution < -0.4 is 5.32 Å². The molecule has 0 fully saturated rings. The third-order valence-electron chi connectivity index (χ3n) is 3.68. The number of hydrogen-bond acceptors (Lipinski definition) is 3. The summed E-state index contributed by atoms with van der Waals surface area (Å²) in [6.45, 7) is 5.50. The lowest BCUT2D eigenvalue weighted by Gasteiger charge is -2.15. The van der Waals surface area contributed by atoms with Crippen molar-refractivity contribution in [1.29, 1.82) is 0 Å². The van der Waals surface area contributed by atoms with Crippen molar-refractivity contribution in [2.24, 2.45) is 0 Å². The Morgan fingerprint density at radius 2 is 1.92 bits per heavy atom. The number of halogens is 1. The van der Waals surface area contributed by atoms with Crippen LogP contribution in [0.2, 0.25) is 0 Å². The van der Waals surface area contributed by atoms with Crippen LogP contribution in [0.25, 0.3) is 5.69 Å². The number of nitrogens with zero attached hydrogens (tertiary/aromatic N) is 2. The number of nitrogens with one attached hydrogen (secondary N) is 1. The molecule has 0 aliphatic rings. The molecule has 0 aliphatic carbocycles. The highest BCUT2D eigenvalue weighted by Gasteiger charge is 2.24. The minimum absolute atomic E-state index is 0.0387. The van der Waals surface area contributed by atoms with E-state index in [1.54, 1.807) is 23.7 Å². The number of benzene rings is 1. The lowest BCUT2D eigenvalue weighted by Crippen LogP contribution is -2.40. The smallest absolute Gasteiger partial charge is 0.326 e. The van der Waals surface area contributed by atoms with Crippen LogP contribution in [0.3, 0.4) is 0 Å². The minimum Gasteiger partial charge on any atom is -0.480 e. The molecule has 0 bridgehead atoms. The Hall–Kier alpha value is -2.70. The van der Waals surface area contributed by atoms with Crippen molar-refractivity contribution in [2.75, 3.05) is 0 Å². The summed E-state index contributed by atoms with van der Waals surface area (Å²) in [7, 11) is 0. The molecule has 0 saturated carbocycles. The molecule has 2 N–H and O–H groups in total. The molecule has 0 saturated heterocycles. The summed E-state index contributed by atoms with van der Waals surface area (Å²) >= 11 is 0. The van der Waals surface area contributed by atoms with Gasteiger partial charge in [-0.25, -0.2) is 13.9 Å². The van der Waals surface area contributed by atoms with E-state index in [2.05, 4.69) is 10.4 Å². The molecule has 0 radical (unpaired) electrons. The number of aliphatic carboxylic acids is 1. The predicted molar refractivity (Wildman–Crippen MR) is 86.8 cm³/mol. The first kappa shape index (κ1) is 17.7.